The third-order valence-electron chi connectivity index (χ3n) is 3.27. The van der Waals surface area contributed by atoms with Crippen molar-refractivity contribution >= 4 is 5.97 Å². The summed E-state index contributed by atoms with van der Waals surface area (Å²) in [6, 6.07) is 5.55. The third kappa shape index (κ3) is 1.89. The summed E-state index contributed by atoms with van der Waals surface area (Å²) in [4.78, 5) is 11.4. The van der Waals surface area contributed by atoms with Crippen LogP contribution >= 0.6 is 0 Å². The molecule has 0 aromatic heterocycles. The minimum Gasteiger partial charge on any atom is -0.496 e. The Hall–Kier alpha value is -1.55. The topological polar surface area (TPSA) is 55.8 Å². The Morgan fingerprint density at radius 1 is 1.41 bits per heavy atom. The summed E-state index contributed by atoms with van der Waals surface area (Å²) in [5.74, 6) is -0.140. The zero-order valence-corrected chi connectivity index (χ0v) is 10.0. The SMILES string of the molecule is COCc1cccc(OC)c1C1(C(=O)O)CC1. The van der Waals surface area contributed by atoms with Gasteiger partial charge in [-0.25, -0.2) is 0 Å². The van der Waals surface area contributed by atoms with Crippen molar-refractivity contribution in [3.05, 3.63) is 29.3 Å². The van der Waals surface area contributed by atoms with Crippen molar-refractivity contribution in [2.75, 3.05) is 14.2 Å². The maximum atomic E-state index is 11.4. The molecule has 0 aliphatic heterocycles. The van der Waals surface area contributed by atoms with Crippen LogP contribution in [0.2, 0.25) is 0 Å². The second-order valence-electron chi connectivity index (χ2n) is 4.31. The molecule has 0 radical (unpaired) electrons. The predicted molar refractivity (Wildman–Crippen MR) is 62.3 cm³/mol. The van der Waals surface area contributed by atoms with Crippen LogP contribution < -0.4 is 4.74 Å². The standard InChI is InChI=1S/C13H16O4/c1-16-8-9-4-3-5-10(17-2)11(9)13(6-7-13)12(14)15/h3-5H,6-8H2,1-2H3,(H,14,15). The van der Waals surface area contributed by atoms with Crippen LogP contribution in [0.15, 0.2) is 18.2 Å². The van der Waals surface area contributed by atoms with Crippen molar-refractivity contribution in [3.8, 4) is 5.75 Å². The summed E-state index contributed by atoms with van der Waals surface area (Å²) >= 11 is 0. The molecular weight excluding hydrogens is 220 g/mol. The van der Waals surface area contributed by atoms with Gasteiger partial charge in [-0.2, -0.15) is 0 Å². The number of ether oxygens (including phenoxy) is 2. The highest BCUT2D eigenvalue weighted by Crippen LogP contribution is 2.52. The fraction of sp³-hybridized carbons (Fsp3) is 0.462. The molecule has 1 N–H and O–H groups in total. The first-order valence-corrected chi connectivity index (χ1v) is 5.54. The van der Waals surface area contributed by atoms with Crippen LogP contribution in [-0.4, -0.2) is 25.3 Å². The molecule has 0 saturated heterocycles. The van der Waals surface area contributed by atoms with Gasteiger partial charge < -0.3 is 14.6 Å². The van der Waals surface area contributed by atoms with Crippen molar-refractivity contribution in [1.29, 1.82) is 0 Å². The van der Waals surface area contributed by atoms with E-state index in [0.717, 1.165) is 11.1 Å². The summed E-state index contributed by atoms with van der Waals surface area (Å²) in [6.45, 7) is 0.404. The molecule has 0 unspecified atom stereocenters. The van der Waals surface area contributed by atoms with E-state index < -0.39 is 11.4 Å². The molecule has 1 aliphatic rings. The van der Waals surface area contributed by atoms with Crippen LogP contribution in [0.5, 0.6) is 5.75 Å². The van der Waals surface area contributed by atoms with Gasteiger partial charge in [-0.05, 0) is 24.5 Å². The number of hydrogen-bond donors (Lipinski definition) is 1. The average Bonchev–Trinajstić information content (AvgIpc) is 3.10. The van der Waals surface area contributed by atoms with E-state index in [1.165, 1.54) is 0 Å². The van der Waals surface area contributed by atoms with Gasteiger partial charge in [0.1, 0.15) is 5.75 Å². The van der Waals surface area contributed by atoms with E-state index in [9.17, 15) is 9.90 Å². The average molecular weight is 236 g/mol. The molecule has 0 amide bonds. The normalized spacial score (nSPS) is 16.6. The summed E-state index contributed by atoms with van der Waals surface area (Å²) in [5.41, 5.74) is 0.907. The van der Waals surface area contributed by atoms with Gasteiger partial charge in [-0.1, -0.05) is 12.1 Å². The number of methoxy groups -OCH3 is 2. The summed E-state index contributed by atoms with van der Waals surface area (Å²) < 4.78 is 10.4. The minimum absolute atomic E-state index is 0.404. The fourth-order valence-corrected chi connectivity index (χ4v) is 2.26. The van der Waals surface area contributed by atoms with E-state index in [0.29, 0.717) is 25.2 Å². The summed E-state index contributed by atoms with van der Waals surface area (Å²) in [5, 5.41) is 9.37. The number of carbonyl (C=O) groups is 1. The molecule has 1 aromatic carbocycles. The Morgan fingerprint density at radius 3 is 2.59 bits per heavy atom. The van der Waals surface area contributed by atoms with E-state index >= 15 is 0 Å². The molecule has 1 saturated carbocycles. The van der Waals surface area contributed by atoms with Crippen LogP contribution in [0, 0.1) is 0 Å². The van der Waals surface area contributed by atoms with Gasteiger partial charge >= 0.3 is 5.97 Å². The summed E-state index contributed by atoms with van der Waals surface area (Å²) in [6.07, 6.45) is 1.33. The molecule has 4 heteroatoms. The van der Waals surface area contributed by atoms with Crippen molar-refractivity contribution in [2.45, 2.75) is 24.9 Å². The lowest BCUT2D eigenvalue weighted by atomic mass is 9.90. The fourth-order valence-electron chi connectivity index (χ4n) is 2.26. The first kappa shape index (κ1) is 11.9. The third-order valence-corrected chi connectivity index (χ3v) is 3.27. The zero-order chi connectivity index (χ0) is 12.5. The van der Waals surface area contributed by atoms with E-state index in [-0.39, 0.29) is 0 Å². The second kappa shape index (κ2) is 4.37. The first-order valence-electron chi connectivity index (χ1n) is 5.54. The van der Waals surface area contributed by atoms with Crippen molar-refractivity contribution in [2.24, 2.45) is 0 Å². The Kier molecular flexibility index (Phi) is 3.07. The molecule has 1 fully saturated rings. The second-order valence-corrected chi connectivity index (χ2v) is 4.31. The van der Waals surface area contributed by atoms with Gasteiger partial charge in [0.05, 0.1) is 19.1 Å². The molecule has 4 nitrogen and oxygen atoms in total. The van der Waals surface area contributed by atoms with Crippen LogP contribution in [0.3, 0.4) is 0 Å². The van der Waals surface area contributed by atoms with E-state index in [1.807, 2.05) is 12.1 Å². The van der Waals surface area contributed by atoms with Crippen LogP contribution in [0.25, 0.3) is 0 Å². The Morgan fingerprint density at radius 2 is 2.12 bits per heavy atom. The van der Waals surface area contributed by atoms with Crippen LogP contribution in [-0.2, 0) is 21.6 Å². The molecule has 92 valence electrons. The lowest BCUT2D eigenvalue weighted by molar-refractivity contribution is -0.140. The first-order chi connectivity index (χ1) is 8.15. The van der Waals surface area contributed by atoms with Gasteiger partial charge in [0, 0.05) is 12.7 Å². The number of aliphatic carboxylic acids is 1. The number of hydrogen-bond acceptors (Lipinski definition) is 3. The molecule has 0 heterocycles. The molecule has 0 bridgehead atoms. The Bertz CT molecular complexity index is 435. The smallest absolute Gasteiger partial charge is 0.314 e. The lowest BCUT2D eigenvalue weighted by Crippen LogP contribution is -2.22. The Labute approximate surface area is 100 Å². The molecular formula is C13H16O4. The molecule has 0 atom stereocenters. The van der Waals surface area contributed by atoms with Gasteiger partial charge in [-0.15, -0.1) is 0 Å². The van der Waals surface area contributed by atoms with Gasteiger partial charge in [-0.3, -0.25) is 4.79 Å². The maximum absolute atomic E-state index is 11.4. The quantitative estimate of drug-likeness (QED) is 0.849. The lowest BCUT2D eigenvalue weighted by Gasteiger charge is -2.18. The van der Waals surface area contributed by atoms with E-state index in [4.69, 9.17) is 9.47 Å². The Balaban J connectivity index is 2.53. The number of rotatable bonds is 5. The molecule has 2 rings (SSSR count). The molecule has 0 spiro atoms. The predicted octanol–water partition coefficient (Wildman–Crippen LogP) is 1.96. The van der Waals surface area contributed by atoms with E-state index in [2.05, 4.69) is 0 Å². The van der Waals surface area contributed by atoms with Gasteiger partial charge in [0.25, 0.3) is 0 Å². The summed E-state index contributed by atoms with van der Waals surface area (Å²) in [7, 11) is 3.16. The van der Waals surface area contributed by atoms with Crippen LogP contribution in [0.1, 0.15) is 24.0 Å². The highest BCUT2D eigenvalue weighted by molar-refractivity contribution is 5.86. The van der Waals surface area contributed by atoms with Gasteiger partial charge in [0.2, 0.25) is 0 Å². The highest BCUT2D eigenvalue weighted by Gasteiger charge is 2.54. The monoisotopic (exact) mass is 236 g/mol. The zero-order valence-electron chi connectivity index (χ0n) is 10.0. The highest BCUT2D eigenvalue weighted by atomic mass is 16.5. The number of benzene rings is 1. The minimum atomic E-state index is -0.778. The largest absolute Gasteiger partial charge is 0.496 e. The van der Waals surface area contributed by atoms with Crippen molar-refractivity contribution in [1.82, 2.24) is 0 Å². The maximum Gasteiger partial charge on any atom is 0.314 e. The van der Waals surface area contributed by atoms with Gasteiger partial charge in [0.15, 0.2) is 0 Å². The molecule has 1 aromatic rings. The van der Waals surface area contributed by atoms with Crippen molar-refractivity contribution in [3.63, 3.8) is 0 Å². The molecule has 17 heavy (non-hydrogen) atoms. The van der Waals surface area contributed by atoms with Crippen molar-refractivity contribution < 1.29 is 19.4 Å². The number of carboxylic acids is 1. The molecule has 1 aliphatic carbocycles. The van der Waals surface area contributed by atoms with Crippen LogP contribution in [0.4, 0.5) is 0 Å². The van der Waals surface area contributed by atoms with E-state index in [1.54, 1.807) is 20.3 Å². The number of carboxylic acid groups (broad SMARTS) is 1.